The fourth-order valence-electron chi connectivity index (χ4n) is 1.57. The molecule has 1 saturated heterocycles. The summed E-state index contributed by atoms with van der Waals surface area (Å²) in [4.78, 5) is 0. The third-order valence-corrected chi connectivity index (χ3v) is 4.23. The van der Waals surface area contributed by atoms with E-state index in [2.05, 4.69) is 71.6 Å². The second-order valence-electron chi connectivity index (χ2n) is 5.30. The predicted octanol–water partition coefficient (Wildman–Crippen LogP) is 4.32. The largest absolute Gasteiger partial charge is 0.360 e. The number of ether oxygens (including phenoxy) is 1. The Bertz CT molecular complexity index is 391. The molecule has 1 nitrogen and oxygen atoms in total. The van der Waals surface area contributed by atoms with Crippen molar-refractivity contribution >= 4 is 24.0 Å². The highest BCUT2D eigenvalue weighted by atomic mass is 79.9. The van der Waals surface area contributed by atoms with Crippen LogP contribution in [0.3, 0.4) is 0 Å². The van der Waals surface area contributed by atoms with Crippen molar-refractivity contribution in [2.45, 2.75) is 31.8 Å². The molecule has 0 aromatic heterocycles. The monoisotopic (exact) mass is 296 g/mol. The standard InChI is InChI=1S/C13H17BrOSi/c1-16(2,3)9-8-12-13(15-12)10-4-6-11(14)7-5-10/h4-9,12-13H,1-3H3/b9-8+/t12-,13-/m0/s1. The van der Waals surface area contributed by atoms with Crippen LogP contribution in [0.1, 0.15) is 11.7 Å². The van der Waals surface area contributed by atoms with Gasteiger partial charge in [-0.05, 0) is 17.7 Å². The van der Waals surface area contributed by atoms with Gasteiger partial charge in [-0.15, -0.1) is 0 Å². The van der Waals surface area contributed by atoms with Gasteiger partial charge >= 0.3 is 0 Å². The molecule has 0 amide bonds. The van der Waals surface area contributed by atoms with Crippen LogP contribution < -0.4 is 0 Å². The average molecular weight is 297 g/mol. The minimum atomic E-state index is -1.09. The number of hydrogen-bond acceptors (Lipinski definition) is 1. The number of rotatable bonds is 3. The van der Waals surface area contributed by atoms with Crippen LogP contribution in [0, 0.1) is 0 Å². The van der Waals surface area contributed by atoms with Gasteiger partial charge < -0.3 is 4.74 Å². The Hall–Kier alpha value is -0.383. The van der Waals surface area contributed by atoms with Crippen molar-refractivity contribution in [3.05, 3.63) is 46.1 Å². The third-order valence-electron chi connectivity index (χ3n) is 2.51. The summed E-state index contributed by atoms with van der Waals surface area (Å²) in [7, 11) is -1.09. The molecular formula is C13H17BrOSi. The SMILES string of the molecule is C[Si](C)(C)/C=C/[C@@H]1O[C@H]1c1ccc(Br)cc1. The Kier molecular flexibility index (Phi) is 3.38. The van der Waals surface area contributed by atoms with Gasteiger partial charge in [-0.3, -0.25) is 0 Å². The fraction of sp³-hybridized carbons (Fsp3) is 0.385. The molecule has 16 heavy (non-hydrogen) atoms. The van der Waals surface area contributed by atoms with Gasteiger partial charge in [0.2, 0.25) is 0 Å². The van der Waals surface area contributed by atoms with Gasteiger partial charge in [-0.1, -0.05) is 59.5 Å². The lowest BCUT2D eigenvalue weighted by atomic mass is 10.1. The molecule has 1 aromatic rings. The molecule has 1 aliphatic rings. The van der Waals surface area contributed by atoms with Gasteiger partial charge in [-0.25, -0.2) is 0 Å². The van der Waals surface area contributed by atoms with Crippen molar-refractivity contribution in [2.24, 2.45) is 0 Å². The molecule has 0 saturated carbocycles. The summed E-state index contributed by atoms with van der Waals surface area (Å²) < 4.78 is 6.78. The summed E-state index contributed by atoms with van der Waals surface area (Å²) in [5, 5.41) is 0. The maximum Gasteiger partial charge on any atom is 0.113 e. The highest BCUT2D eigenvalue weighted by Gasteiger charge is 2.37. The zero-order chi connectivity index (χ0) is 11.8. The number of benzene rings is 1. The molecule has 0 N–H and O–H groups in total. The number of halogens is 1. The Morgan fingerprint density at radius 1 is 1.19 bits per heavy atom. The summed E-state index contributed by atoms with van der Waals surface area (Å²) in [6.07, 6.45) is 2.81. The summed E-state index contributed by atoms with van der Waals surface area (Å²) in [6.45, 7) is 7.00. The maximum atomic E-state index is 5.66. The molecule has 1 heterocycles. The third kappa shape index (κ3) is 3.30. The van der Waals surface area contributed by atoms with Crippen molar-refractivity contribution in [2.75, 3.05) is 0 Å². The molecule has 1 aliphatic heterocycles. The first kappa shape index (κ1) is 12.1. The lowest BCUT2D eigenvalue weighted by molar-refractivity contribution is 0.394. The maximum absolute atomic E-state index is 5.66. The summed E-state index contributed by atoms with van der Waals surface area (Å²) in [5.74, 6) is 0. The highest BCUT2D eigenvalue weighted by molar-refractivity contribution is 9.10. The van der Waals surface area contributed by atoms with Gasteiger partial charge in [0.15, 0.2) is 0 Å². The summed E-state index contributed by atoms with van der Waals surface area (Å²) in [6, 6.07) is 8.38. The van der Waals surface area contributed by atoms with E-state index in [0.717, 1.165) is 4.47 Å². The van der Waals surface area contributed by atoms with Gasteiger partial charge in [0.05, 0.1) is 8.07 Å². The van der Waals surface area contributed by atoms with Crippen LogP contribution in [-0.4, -0.2) is 14.2 Å². The van der Waals surface area contributed by atoms with E-state index in [4.69, 9.17) is 4.74 Å². The van der Waals surface area contributed by atoms with Crippen LogP contribution in [0.2, 0.25) is 19.6 Å². The van der Waals surface area contributed by atoms with Crippen LogP contribution in [0.25, 0.3) is 0 Å². The molecule has 0 radical (unpaired) electrons. The average Bonchev–Trinajstić information content (AvgIpc) is 2.94. The molecule has 0 unspecified atom stereocenters. The Morgan fingerprint density at radius 2 is 1.81 bits per heavy atom. The minimum absolute atomic E-state index is 0.278. The van der Waals surface area contributed by atoms with Crippen molar-refractivity contribution in [1.29, 1.82) is 0 Å². The summed E-state index contributed by atoms with van der Waals surface area (Å²) >= 11 is 3.44. The Balaban J connectivity index is 1.97. The highest BCUT2D eigenvalue weighted by Crippen LogP contribution is 2.40. The van der Waals surface area contributed by atoms with Crippen molar-refractivity contribution in [3.63, 3.8) is 0 Å². The van der Waals surface area contributed by atoms with E-state index in [0.29, 0.717) is 6.10 Å². The zero-order valence-corrected chi connectivity index (χ0v) is 12.5. The number of hydrogen-bond donors (Lipinski definition) is 0. The molecule has 1 fully saturated rings. The van der Waals surface area contributed by atoms with E-state index >= 15 is 0 Å². The smallest absolute Gasteiger partial charge is 0.113 e. The van der Waals surface area contributed by atoms with Crippen LogP contribution >= 0.6 is 15.9 Å². The lowest BCUT2D eigenvalue weighted by Crippen LogP contribution is -2.15. The molecule has 2 atom stereocenters. The minimum Gasteiger partial charge on any atom is -0.360 e. The fourth-order valence-corrected chi connectivity index (χ4v) is 2.61. The Morgan fingerprint density at radius 3 is 2.38 bits per heavy atom. The second kappa shape index (κ2) is 4.47. The van der Waals surface area contributed by atoms with Crippen molar-refractivity contribution in [3.8, 4) is 0 Å². The van der Waals surface area contributed by atoms with E-state index < -0.39 is 8.07 Å². The first-order chi connectivity index (χ1) is 7.46. The molecule has 1 aromatic carbocycles. The van der Waals surface area contributed by atoms with Crippen molar-refractivity contribution in [1.82, 2.24) is 0 Å². The molecule has 0 bridgehead atoms. The molecule has 2 rings (SSSR count). The molecular weight excluding hydrogens is 280 g/mol. The van der Waals surface area contributed by atoms with Gasteiger partial charge in [0.25, 0.3) is 0 Å². The van der Waals surface area contributed by atoms with Crippen molar-refractivity contribution < 1.29 is 4.74 Å². The van der Waals surface area contributed by atoms with E-state index in [-0.39, 0.29) is 6.10 Å². The zero-order valence-electron chi connectivity index (χ0n) is 9.91. The van der Waals surface area contributed by atoms with Crippen LogP contribution in [0.5, 0.6) is 0 Å². The predicted molar refractivity (Wildman–Crippen MR) is 74.2 cm³/mol. The second-order valence-corrected chi connectivity index (χ2v) is 11.3. The Labute approximate surface area is 107 Å². The van der Waals surface area contributed by atoms with Gasteiger partial charge in [0, 0.05) is 4.47 Å². The topological polar surface area (TPSA) is 12.5 Å². The normalized spacial score (nSPS) is 25.0. The van der Waals surface area contributed by atoms with Gasteiger partial charge in [0.1, 0.15) is 12.2 Å². The summed E-state index contributed by atoms with van der Waals surface area (Å²) in [5.41, 5.74) is 3.63. The van der Waals surface area contributed by atoms with Gasteiger partial charge in [-0.2, -0.15) is 0 Å². The first-order valence-corrected chi connectivity index (χ1v) is 9.93. The molecule has 0 aliphatic carbocycles. The molecule has 3 heteroatoms. The first-order valence-electron chi connectivity index (χ1n) is 5.56. The van der Waals surface area contributed by atoms with E-state index in [1.807, 2.05) is 0 Å². The van der Waals surface area contributed by atoms with Crippen LogP contribution in [0.15, 0.2) is 40.5 Å². The van der Waals surface area contributed by atoms with E-state index in [1.54, 1.807) is 0 Å². The van der Waals surface area contributed by atoms with Crippen LogP contribution in [-0.2, 0) is 4.74 Å². The lowest BCUT2D eigenvalue weighted by Gasteiger charge is -2.07. The van der Waals surface area contributed by atoms with E-state index in [1.165, 1.54) is 5.56 Å². The quantitative estimate of drug-likeness (QED) is 0.598. The molecule has 0 spiro atoms. The van der Waals surface area contributed by atoms with E-state index in [9.17, 15) is 0 Å². The molecule has 86 valence electrons. The van der Waals surface area contributed by atoms with Crippen LogP contribution in [0.4, 0.5) is 0 Å². The number of epoxide rings is 1.